The summed E-state index contributed by atoms with van der Waals surface area (Å²) in [6.07, 6.45) is 4.90. The van der Waals surface area contributed by atoms with E-state index in [4.69, 9.17) is 0 Å². The second-order valence-corrected chi connectivity index (χ2v) is 26.9. The summed E-state index contributed by atoms with van der Waals surface area (Å²) in [4.78, 5) is 0. The van der Waals surface area contributed by atoms with Crippen molar-refractivity contribution in [2.45, 2.75) is 27.5 Å². The predicted molar refractivity (Wildman–Crippen MR) is 141 cm³/mol. The molecular weight excluding hydrogens is 471 g/mol. The van der Waals surface area contributed by atoms with Gasteiger partial charge in [0.05, 0.1) is 0 Å². The molecular formula is C27H30Cl2SiTi. The minimum Gasteiger partial charge on any atom is -0.147 e. The molecule has 2 aliphatic carbocycles. The summed E-state index contributed by atoms with van der Waals surface area (Å²) in [7, 11) is 2.40. The molecule has 2 unspecified atom stereocenters. The fourth-order valence-corrected chi connectivity index (χ4v) is 23.0. The molecule has 0 fully saturated rings. The van der Waals surface area contributed by atoms with Crippen LogP contribution in [-0.2, 0) is 14.0 Å². The van der Waals surface area contributed by atoms with E-state index in [0.29, 0.717) is 8.45 Å². The molecule has 3 aromatic carbocycles. The summed E-state index contributed by atoms with van der Waals surface area (Å²) >= 11 is -3.44. The molecule has 0 radical (unpaired) electrons. The zero-order chi connectivity index (χ0) is 20.2. The van der Waals surface area contributed by atoms with E-state index < -0.39 is 14.0 Å². The minimum absolute atomic E-state index is 0. The molecule has 0 amide bonds. The first-order valence-electron chi connectivity index (χ1n) is 10.6. The van der Waals surface area contributed by atoms with Crippen molar-refractivity contribution in [3.8, 4) is 0 Å². The van der Waals surface area contributed by atoms with E-state index in [1.165, 1.54) is 11.1 Å². The molecule has 0 saturated carbocycles. The Balaban J connectivity index is 0.00000136. The average molecular weight is 501 g/mol. The molecule has 0 N–H and O–H groups in total. The number of benzene rings is 3. The molecule has 160 valence electrons. The van der Waals surface area contributed by atoms with Gasteiger partial charge in [-0.2, -0.15) is 0 Å². The second kappa shape index (κ2) is 8.54. The minimum atomic E-state index is -3.44. The van der Waals surface area contributed by atoms with Crippen LogP contribution in [0.2, 0.25) is 5.23 Å². The van der Waals surface area contributed by atoms with Crippen LogP contribution in [-0.4, -0.2) is 7.63 Å². The molecule has 3 aromatic rings. The summed E-state index contributed by atoms with van der Waals surface area (Å²) in [6, 6.07) is 29.7. The van der Waals surface area contributed by atoms with Crippen LogP contribution in [0.15, 0.2) is 90.0 Å². The molecule has 0 spiro atoms. The van der Waals surface area contributed by atoms with Crippen molar-refractivity contribution in [3.05, 3.63) is 112 Å². The summed E-state index contributed by atoms with van der Waals surface area (Å²) in [5, 5.41) is 2.71. The maximum absolute atomic E-state index is 3.44. The van der Waals surface area contributed by atoms with Crippen molar-refractivity contribution < 1.29 is 14.0 Å². The molecule has 0 saturated heterocycles. The van der Waals surface area contributed by atoms with E-state index in [1.807, 2.05) is 0 Å². The number of allylic oxidation sites excluding steroid dienone is 2. The topological polar surface area (TPSA) is 0 Å². The second-order valence-electron chi connectivity index (χ2n) is 9.49. The van der Waals surface area contributed by atoms with E-state index in [0.717, 1.165) is 0 Å². The first-order chi connectivity index (χ1) is 13.9. The third kappa shape index (κ3) is 3.46. The van der Waals surface area contributed by atoms with E-state index in [1.54, 1.807) is 26.1 Å². The molecule has 0 nitrogen and oxygen atoms in total. The molecule has 0 aromatic heterocycles. The monoisotopic (exact) mass is 500 g/mol. The standard InChI is InChI=1S/2C10H9.C6H5.CH3.2ClH.H2Si.Ti/c2*1-8-6-9-4-2-3-5-10(9)7-8;1-2-4-6-5-3-1;;;;;/h2*2-7H,1H3;1-5H;1H3;2*1H;1H2;. The van der Waals surface area contributed by atoms with Crippen LogP contribution in [0.1, 0.15) is 44.5 Å². The van der Waals surface area contributed by atoms with Crippen molar-refractivity contribution in [1.82, 2.24) is 0 Å². The third-order valence-corrected chi connectivity index (χ3v) is 23.1. The molecule has 2 aliphatic rings. The van der Waals surface area contributed by atoms with Gasteiger partial charge in [-0.1, -0.05) is 0 Å². The van der Waals surface area contributed by atoms with E-state index in [-0.39, 0.29) is 24.8 Å². The number of fused-ring (bicyclic) bond motifs is 2. The maximum atomic E-state index is 2.71. The largest absolute Gasteiger partial charge is 0.147 e. The van der Waals surface area contributed by atoms with Crippen LogP contribution in [0.25, 0.3) is 12.2 Å². The summed E-state index contributed by atoms with van der Waals surface area (Å²) in [5.74, 6) is 0. The predicted octanol–water partition coefficient (Wildman–Crippen LogP) is 6.76. The number of rotatable bonds is 3. The Bertz CT molecular complexity index is 1190. The molecule has 2 atom stereocenters. The van der Waals surface area contributed by atoms with Crippen LogP contribution < -0.4 is 3.87 Å². The van der Waals surface area contributed by atoms with Gasteiger partial charge in [0, 0.05) is 0 Å². The Morgan fingerprint density at radius 3 is 1.45 bits per heavy atom. The molecule has 31 heavy (non-hydrogen) atoms. The van der Waals surface area contributed by atoms with Gasteiger partial charge in [-0.15, -0.1) is 24.8 Å². The van der Waals surface area contributed by atoms with Crippen molar-refractivity contribution in [3.63, 3.8) is 0 Å². The van der Waals surface area contributed by atoms with Gasteiger partial charge in [-0.3, -0.25) is 0 Å². The SMILES string of the molecule is CC1=Cc2ccccc2[CH]1[Ti]([CH3])(=[SiH2])([c]1ccccc1)[CH]1C(C)=Cc2ccccc21.Cl.Cl. The maximum Gasteiger partial charge on any atom is -0.147 e. The van der Waals surface area contributed by atoms with Crippen molar-refractivity contribution >= 4 is 48.5 Å². The van der Waals surface area contributed by atoms with Gasteiger partial charge in [0.15, 0.2) is 0 Å². The van der Waals surface area contributed by atoms with Crippen LogP contribution in [0.4, 0.5) is 0 Å². The fraction of sp³-hybridized carbons (Fsp3) is 0.185. The van der Waals surface area contributed by atoms with Crippen molar-refractivity contribution in [1.29, 1.82) is 0 Å². The zero-order valence-electron chi connectivity index (χ0n) is 18.3. The van der Waals surface area contributed by atoms with Gasteiger partial charge < -0.3 is 0 Å². The van der Waals surface area contributed by atoms with E-state index in [9.17, 15) is 0 Å². The number of hydrogen-bond donors (Lipinski definition) is 0. The average Bonchev–Trinajstić information content (AvgIpc) is 3.25. The molecule has 0 bridgehead atoms. The van der Waals surface area contributed by atoms with Crippen molar-refractivity contribution in [2.24, 2.45) is 0 Å². The van der Waals surface area contributed by atoms with Gasteiger partial charge in [0.1, 0.15) is 0 Å². The zero-order valence-corrected chi connectivity index (χ0v) is 22.9. The quantitative estimate of drug-likeness (QED) is 0.348. The van der Waals surface area contributed by atoms with E-state index in [2.05, 4.69) is 118 Å². The van der Waals surface area contributed by atoms with Crippen LogP contribution in [0, 0.1) is 0 Å². The normalized spacial score (nSPS) is 19.4. The first-order valence-corrected chi connectivity index (χ1v) is 18.7. The van der Waals surface area contributed by atoms with Gasteiger partial charge >= 0.3 is 177 Å². The van der Waals surface area contributed by atoms with Crippen LogP contribution in [0.5, 0.6) is 0 Å². The summed E-state index contributed by atoms with van der Waals surface area (Å²) in [5.41, 5.74) is 9.01. The Kier molecular flexibility index (Phi) is 6.69. The summed E-state index contributed by atoms with van der Waals surface area (Å²) in [6.45, 7) is 4.74. The molecule has 4 heteroatoms. The molecule has 0 aliphatic heterocycles. The van der Waals surface area contributed by atoms with Gasteiger partial charge in [-0.05, 0) is 0 Å². The van der Waals surface area contributed by atoms with Gasteiger partial charge in [0.25, 0.3) is 0 Å². The number of hydrogen-bond acceptors (Lipinski definition) is 0. The smallest absolute Gasteiger partial charge is 0.147 e. The Labute approximate surface area is 201 Å². The molecule has 5 rings (SSSR count). The van der Waals surface area contributed by atoms with Crippen molar-refractivity contribution in [2.75, 3.05) is 0 Å². The molecule has 0 heterocycles. The fourth-order valence-electron chi connectivity index (χ4n) is 6.51. The van der Waals surface area contributed by atoms with Gasteiger partial charge in [-0.25, -0.2) is 0 Å². The summed E-state index contributed by atoms with van der Waals surface area (Å²) < 4.78 is 2.64. The Hall–Kier alpha value is -1.35. The van der Waals surface area contributed by atoms with E-state index >= 15 is 0 Å². The van der Waals surface area contributed by atoms with Gasteiger partial charge in [0.2, 0.25) is 0 Å². The Morgan fingerprint density at radius 1 is 0.613 bits per heavy atom. The first kappa shape index (κ1) is 24.3. The van der Waals surface area contributed by atoms with Crippen LogP contribution >= 0.6 is 24.8 Å². The third-order valence-electron chi connectivity index (χ3n) is 7.50. The van der Waals surface area contributed by atoms with Crippen LogP contribution in [0.3, 0.4) is 0 Å². The number of halogens is 2. The Morgan fingerprint density at radius 2 is 1.00 bits per heavy atom.